The van der Waals surface area contributed by atoms with E-state index >= 15 is 0 Å². The Balaban J connectivity index is 2.33. The zero-order valence-electron chi connectivity index (χ0n) is 10.3. The molecular formula is C14H9Br2F2NO. The second-order valence-electron chi connectivity index (χ2n) is 4.14. The Bertz CT molecular complexity index is 689. The highest BCUT2D eigenvalue weighted by atomic mass is 79.9. The zero-order chi connectivity index (χ0) is 14.9. The van der Waals surface area contributed by atoms with E-state index in [4.69, 9.17) is 0 Å². The third-order valence-corrected chi connectivity index (χ3v) is 3.93. The molecule has 0 unspecified atom stereocenters. The number of hydrogen-bond acceptors (Lipinski definition) is 1. The van der Waals surface area contributed by atoms with Gasteiger partial charge in [-0.25, -0.2) is 8.78 Å². The minimum atomic E-state index is -0.635. The quantitative estimate of drug-likeness (QED) is 0.745. The van der Waals surface area contributed by atoms with E-state index in [9.17, 15) is 13.6 Å². The third-order valence-electron chi connectivity index (χ3n) is 2.71. The van der Waals surface area contributed by atoms with Gasteiger partial charge in [0.2, 0.25) is 0 Å². The van der Waals surface area contributed by atoms with Crippen LogP contribution >= 0.6 is 31.9 Å². The average molecular weight is 405 g/mol. The van der Waals surface area contributed by atoms with Crippen molar-refractivity contribution in [2.75, 3.05) is 5.32 Å². The lowest BCUT2D eigenvalue weighted by Crippen LogP contribution is -2.15. The van der Waals surface area contributed by atoms with Crippen molar-refractivity contribution in [2.45, 2.75) is 6.92 Å². The van der Waals surface area contributed by atoms with Gasteiger partial charge in [0.1, 0.15) is 11.6 Å². The van der Waals surface area contributed by atoms with Crippen molar-refractivity contribution in [1.29, 1.82) is 0 Å². The maximum Gasteiger partial charge on any atom is 0.258 e. The van der Waals surface area contributed by atoms with E-state index in [1.807, 2.05) is 0 Å². The van der Waals surface area contributed by atoms with Crippen LogP contribution in [-0.2, 0) is 0 Å². The number of anilines is 1. The number of rotatable bonds is 2. The second-order valence-corrected chi connectivity index (χ2v) is 5.85. The summed E-state index contributed by atoms with van der Waals surface area (Å²) in [6, 6.07) is 7.18. The van der Waals surface area contributed by atoms with Crippen LogP contribution in [0.4, 0.5) is 14.5 Å². The van der Waals surface area contributed by atoms with Gasteiger partial charge in [-0.1, -0.05) is 6.07 Å². The van der Waals surface area contributed by atoms with E-state index in [0.717, 1.165) is 0 Å². The van der Waals surface area contributed by atoms with Crippen molar-refractivity contribution < 1.29 is 13.6 Å². The summed E-state index contributed by atoms with van der Waals surface area (Å²) in [7, 11) is 0. The molecule has 0 saturated heterocycles. The Labute approximate surface area is 131 Å². The number of benzene rings is 2. The number of carbonyl (C=O) groups is 1. The van der Waals surface area contributed by atoms with Crippen molar-refractivity contribution in [3.05, 3.63) is 62.0 Å². The molecule has 0 aromatic heterocycles. The highest BCUT2D eigenvalue weighted by Gasteiger charge is 2.15. The highest BCUT2D eigenvalue weighted by molar-refractivity contribution is 9.10. The molecule has 2 rings (SSSR count). The van der Waals surface area contributed by atoms with Gasteiger partial charge in [0.15, 0.2) is 0 Å². The molecule has 104 valence electrons. The van der Waals surface area contributed by atoms with Gasteiger partial charge < -0.3 is 5.32 Å². The van der Waals surface area contributed by atoms with Crippen molar-refractivity contribution in [1.82, 2.24) is 0 Å². The summed E-state index contributed by atoms with van der Waals surface area (Å²) in [6.45, 7) is 1.66. The maximum atomic E-state index is 13.8. The molecule has 20 heavy (non-hydrogen) atoms. The fourth-order valence-corrected chi connectivity index (χ4v) is 2.36. The minimum absolute atomic E-state index is 0.0841. The van der Waals surface area contributed by atoms with Gasteiger partial charge in [0.05, 0.1) is 14.5 Å². The largest absolute Gasteiger partial charge is 0.322 e. The SMILES string of the molecule is Cc1cc(F)c(Br)cc1NC(=O)c1cccc(Br)c1F. The topological polar surface area (TPSA) is 29.1 Å². The van der Waals surface area contributed by atoms with Crippen LogP contribution < -0.4 is 5.32 Å². The van der Waals surface area contributed by atoms with Crippen molar-refractivity contribution >= 4 is 43.5 Å². The first-order valence-corrected chi connectivity index (χ1v) is 7.19. The average Bonchev–Trinajstić information content (AvgIpc) is 2.39. The van der Waals surface area contributed by atoms with Crippen LogP contribution in [0.1, 0.15) is 15.9 Å². The Morgan fingerprint density at radius 2 is 1.85 bits per heavy atom. The molecule has 0 aliphatic carbocycles. The lowest BCUT2D eigenvalue weighted by atomic mass is 10.1. The first kappa shape index (κ1) is 15.1. The van der Waals surface area contributed by atoms with E-state index in [1.165, 1.54) is 24.3 Å². The Morgan fingerprint density at radius 1 is 1.15 bits per heavy atom. The predicted octanol–water partition coefficient (Wildman–Crippen LogP) is 5.05. The second kappa shape index (κ2) is 6.01. The Hall–Kier alpha value is -1.27. The van der Waals surface area contributed by atoms with Gasteiger partial charge in [-0.3, -0.25) is 4.79 Å². The molecule has 0 fully saturated rings. The van der Waals surface area contributed by atoms with Crippen LogP contribution in [0.25, 0.3) is 0 Å². The molecule has 1 N–H and O–H groups in total. The summed E-state index contributed by atoms with van der Waals surface area (Å²) in [4.78, 5) is 12.1. The number of hydrogen-bond donors (Lipinski definition) is 1. The molecule has 0 heterocycles. The fraction of sp³-hybridized carbons (Fsp3) is 0.0714. The van der Waals surface area contributed by atoms with Crippen molar-refractivity contribution in [3.63, 3.8) is 0 Å². The summed E-state index contributed by atoms with van der Waals surface area (Å²) < 4.78 is 27.6. The van der Waals surface area contributed by atoms with Crippen LogP contribution in [0.5, 0.6) is 0 Å². The lowest BCUT2D eigenvalue weighted by Gasteiger charge is -2.10. The summed E-state index contributed by atoms with van der Waals surface area (Å²) in [5, 5.41) is 2.57. The van der Waals surface area contributed by atoms with Gasteiger partial charge in [-0.05, 0) is 68.6 Å². The number of halogens is 4. The van der Waals surface area contributed by atoms with Crippen molar-refractivity contribution in [3.8, 4) is 0 Å². The van der Waals surface area contributed by atoms with Crippen LogP contribution in [0.3, 0.4) is 0 Å². The van der Waals surface area contributed by atoms with E-state index in [2.05, 4.69) is 37.2 Å². The first-order chi connectivity index (χ1) is 9.40. The van der Waals surface area contributed by atoms with Crippen LogP contribution in [0, 0.1) is 18.6 Å². The van der Waals surface area contributed by atoms with E-state index in [1.54, 1.807) is 13.0 Å². The molecule has 0 spiro atoms. The molecule has 0 bridgehead atoms. The zero-order valence-corrected chi connectivity index (χ0v) is 13.5. The first-order valence-electron chi connectivity index (χ1n) is 5.61. The van der Waals surface area contributed by atoms with Gasteiger partial charge in [0, 0.05) is 5.69 Å². The monoisotopic (exact) mass is 403 g/mol. The van der Waals surface area contributed by atoms with E-state index in [0.29, 0.717) is 11.3 Å². The van der Waals surface area contributed by atoms with Crippen LogP contribution in [0.2, 0.25) is 0 Å². The summed E-state index contributed by atoms with van der Waals surface area (Å²) in [6.07, 6.45) is 0. The predicted molar refractivity (Wildman–Crippen MR) is 80.9 cm³/mol. The molecule has 0 atom stereocenters. The van der Waals surface area contributed by atoms with Gasteiger partial charge in [-0.15, -0.1) is 0 Å². The molecule has 1 amide bonds. The molecule has 2 aromatic rings. The van der Waals surface area contributed by atoms with Crippen LogP contribution in [-0.4, -0.2) is 5.91 Å². The molecule has 2 aromatic carbocycles. The molecule has 0 aliphatic heterocycles. The number of nitrogens with one attached hydrogen (secondary N) is 1. The number of aryl methyl sites for hydroxylation is 1. The molecular weight excluding hydrogens is 396 g/mol. The lowest BCUT2D eigenvalue weighted by molar-refractivity contribution is 0.102. The molecule has 0 radical (unpaired) electrons. The van der Waals surface area contributed by atoms with Gasteiger partial charge >= 0.3 is 0 Å². The van der Waals surface area contributed by atoms with Crippen LogP contribution in [0.15, 0.2) is 39.3 Å². The van der Waals surface area contributed by atoms with Gasteiger partial charge in [-0.2, -0.15) is 0 Å². The fourth-order valence-electron chi connectivity index (χ4n) is 1.65. The smallest absolute Gasteiger partial charge is 0.258 e. The Morgan fingerprint density at radius 3 is 2.55 bits per heavy atom. The number of carbonyl (C=O) groups excluding carboxylic acids is 1. The Kier molecular flexibility index (Phi) is 4.55. The van der Waals surface area contributed by atoms with E-state index < -0.39 is 17.5 Å². The molecule has 6 heteroatoms. The van der Waals surface area contributed by atoms with E-state index in [-0.39, 0.29) is 14.5 Å². The summed E-state index contributed by atoms with van der Waals surface area (Å²) >= 11 is 6.07. The minimum Gasteiger partial charge on any atom is -0.322 e. The highest BCUT2D eigenvalue weighted by Crippen LogP contribution is 2.25. The molecule has 2 nitrogen and oxygen atoms in total. The molecule has 0 saturated carbocycles. The molecule has 0 aliphatic rings. The van der Waals surface area contributed by atoms with Gasteiger partial charge in [0.25, 0.3) is 5.91 Å². The summed E-state index contributed by atoms with van der Waals surface area (Å²) in [5.74, 6) is -1.65. The standard InChI is InChI=1S/C14H9Br2F2NO/c1-7-5-11(17)10(16)6-12(7)19-14(20)8-3-2-4-9(15)13(8)18/h2-6H,1H3,(H,19,20). The van der Waals surface area contributed by atoms with Crippen molar-refractivity contribution in [2.24, 2.45) is 0 Å². The normalized spacial score (nSPS) is 10.4. The third kappa shape index (κ3) is 3.07. The maximum absolute atomic E-state index is 13.8. The summed E-state index contributed by atoms with van der Waals surface area (Å²) in [5.41, 5.74) is 0.885. The number of amides is 1.